The number of nitriles is 1. The Balaban J connectivity index is 1.97. The van der Waals surface area contributed by atoms with Crippen molar-refractivity contribution in [3.8, 4) is 6.07 Å². The molecule has 0 aliphatic heterocycles. The first kappa shape index (κ1) is 14.4. The summed E-state index contributed by atoms with van der Waals surface area (Å²) in [6.07, 6.45) is 6.77. The summed E-state index contributed by atoms with van der Waals surface area (Å²) in [6.45, 7) is 2.38. The minimum atomic E-state index is -0.325. The Morgan fingerprint density at radius 1 is 1.62 bits per heavy atom. The zero-order valence-corrected chi connectivity index (χ0v) is 11.5. The van der Waals surface area contributed by atoms with Crippen molar-refractivity contribution in [2.45, 2.75) is 19.9 Å². The van der Waals surface area contributed by atoms with Gasteiger partial charge in [0.25, 0.3) is 5.91 Å². The van der Waals surface area contributed by atoms with E-state index in [4.69, 9.17) is 5.26 Å². The summed E-state index contributed by atoms with van der Waals surface area (Å²) in [4.78, 5) is 15.6. The van der Waals surface area contributed by atoms with E-state index in [9.17, 15) is 4.79 Å². The second kappa shape index (κ2) is 6.96. The number of hydrogen-bond donors (Lipinski definition) is 1. The van der Waals surface area contributed by atoms with E-state index in [2.05, 4.69) is 26.7 Å². The van der Waals surface area contributed by atoms with E-state index >= 15 is 0 Å². The van der Waals surface area contributed by atoms with E-state index < -0.39 is 0 Å². The van der Waals surface area contributed by atoms with Crippen LogP contribution in [0.15, 0.2) is 35.8 Å². The van der Waals surface area contributed by atoms with Crippen LogP contribution in [0.2, 0.25) is 0 Å². The maximum atomic E-state index is 11.7. The Morgan fingerprint density at radius 2 is 2.48 bits per heavy atom. The van der Waals surface area contributed by atoms with E-state index in [0.29, 0.717) is 18.5 Å². The molecule has 0 fully saturated rings. The second-order valence-electron chi connectivity index (χ2n) is 4.28. The van der Waals surface area contributed by atoms with Gasteiger partial charge in [-0.25, -0.2) is 5.43 Å². The number of amides is 1. The largest absolute Gasteiger partial charge is 0.272 e. The summed E-state index contributed by atoms with van der Waals surface area (Å²) in [6, 6.07) is 5.40. The molecule has 106 valence electrons. The van der Waals surface area contributed by atoms with Crippen LogP contribution in [0, 0.1) is 18.3 Å². The lowest BCUT2D eigenvalue weighted by Gasteiger charge is -1.97. The SMILES string of the molecule is Cc1nn(CCC#N)cc1C=NNC(=O)c1cccnc1. The lowest BCUT2D eigenvalue weighted by Crippen LogP contribution is -2.17. The smallest absolute Gasteiger partial charge is 0.271 e. The van der Waals surface area contributed by atoms with Gasteiger partial charge in [0.15, 0.2) is 0 Å². The first-order valence-electron chi connectivity index (χ1n) is 6.35. The Kier molecular flexibility index (Phi) is 4.77. The molecular weight excluding hydrogens is 268 g/mol. The highest BCUT2D eigenvalue weighted by Crippen LogP contribution is 2.03. The average Bonchev–Trinajstić information content (AvgIpc) is 2.86. The summed E-state index contributed by atoms with van der Waals surface area (Å²) in [7, 11) is 0. The molecule has 0 aliphatic carbocycles. The molecule has 2 aromatic heterocycles. The maximum Gasteiger partial charge on any atom is 0.272 e. The van der Waals surface area contributed by atoms with Gasteiger partial charge in [0.2, 0.25) is 0 Å². The first-order valence-corrected chi connectivity index (χ1v) is 6.35. The van der Waals surface area contributed by atoms with Crippen LogP contribution in [0.1, 0.15) is 28.0 Å². The summed E-state index contributed by atoms with van der Waals surface area (Å²) in [5.41, 5.74) is 4.44. The highest BCUT2D eigenvalue weighted by atomic mass is 16.2. The molecular formula is C14H14N6O. The predicted molar refractivity (Wildman–Crippen MR) is 76.5 cm³/mol. The van der Waals surface area contributed by atoms with Crippen LogP contribution in [-0.4, -0.2) is 26.9 Å². The molecule has 1 N–H and O–H groups in total. The highest BCUT2D eigenvalue weighted by molar-refractivity contribution is 5.94. The van der Waals surface area contributed by atoms with E-state index in [1.165, 1.54) is 12.4 Å². The fraction of sp³-hybridized carbons (Fsp3) is 0.214. The van der Waals surface area contributed by atoms with Gasteiger partial charge in [0.1, 0.15) is 0 Å². The molecule has 2 heterocycles. The third-order valence-electron chi connectivity index (χ3n) is 2.73. The van der Waals surface area contributed by atoms with Crippen molar-refractivity contribution in [3.05, 3.63) is 47.5 Å². The molecule has 0 unspecified atom stereocenters. The molecule has 21 heavy (non-hydrogen) atoms. The normalized spacial score (nSPS) is 10.5. The van der Waals surface area contributed by atoms with E-state index in [1.807, 2.05) is 6.92 Å². The van der Waals surface area contributed by atoms with Gasteiger partial charge < -0.3 is 0 Å². The number of pyridine rings is 1. The van der Waals surface area contributed by atoms with Crippen LogP contribution in [0.5, 0.6) is 0 Å². The summed E-state index contributed by atoms with van der Waals surface area (Å²) < 4.78 is 1.68. The summed E-state index contributed by atoms with van der Waals surface area (Å²) >= 11 is 0. The number of carbonyl (C=O) groups excluding carboxylic acids is 1. The fourth-order valence-corrected chi connectivity index (χ4v) is 1.66. The predicted octanol–water partition coefficient (Wildman–Crippen LogP) is 1.26. The monoisotopic (exact) mass is 282 g/mol. The second-order valence-corrected chi connectivity index (χ2v) is 4.28. The van der Waals surface area contributed by atoms with Gasteiger partial charge in [-0.1, -0.05) is 0 Å². The lowest BCUT2D eigenvalue weighted by molar-refractivity contribution is 0.0955. The van der Waals surface area contributed by atoms with Crippen LogP contribution in [-0.2, 0) is 6.54 Å². The van der Waals surface area contributed by atoms with Gasteiger partial charge in [-0.05, 0) is 19.1 Å². The topological polar surface area (TPSA) is 96.0 Å². The maximum absolute atomic E-state index is 11.7. The Morgan fingerprint density at radius 3 is 3.19 bits per heavy atom. The number of nitrogens with one attached hydrogen (secondary N) is 1. The minimum Gasteiger partial charge on any atom is -0.271 e. The third-order valence-corrected chi connectivity index (χ3v) is 2.73. The van der Waals surface area contributed by atoms with Gasteiger partial charge >= 0.3 is 0 Å². The standard InChI is InChI=1S/C14H14N6O/c1-11-13(10-20(19-11)7-3-5-15)9-17-18-14(21)12-4-2-6-16-8-12/h2,4,6,8-10H,3,7H2,1H3,(H,18,21). The van der Waals surface area contributed by atoms with Crippen molar-refractivity contribution < 1.29 is 4.79 Å². The number of hydrogen-bond acceptors (Lipinski definition) is 5. The van der Waals surface area contributed by atoms with E-state index in [-0.39, 0.29) is 5.91 Å². The average molecular weight is 282 g/mol. The number of rotatable bonds is 5. The minimum absolute atomic E-state index is 0.325. The molecule has 0 aromatic carbocycles. The molecule has 7 nitrogen and oxygen atoms in total. The van der Waals surface area contributed by atoms with E-state index in [1.54, 1.807) is 29.2 Å². The van der Waals surface area contributed by atoms with Gasteiger partial charge in [-0.3, -0.25) is 14.5 Å². The molecule has 7 heteroatoms. The number of carbonyl (C=O) groups is 1. The summed E-state index contributed by atoms with van der Waals surface area (Å²) in [5, 5.41) is 16.7. The van der Waals surface area contributed by atoms with Crippen molar-refractivity contribution in [2.75, 3.05) is 0 Å². The molecule has 0 aliphatic rings. The highest BCUT2D eigenvalue weighted by Gasteiger charge is 2.04. The molecule has 0 radical (unpaired) electrons. The molecule has 0 spiro atoms. The van der Waals surface area contributed by atoms with Crippen molar-refractivity contribution in [1.82, 2.24) is 20.2 Å². The van der Waals surface area contributed by atoms with E-state index in [0.717, 1.165) is 11.3 Å². The lowest BCUT2D eigenvalue weighted by atomic mass is 10.3. The third kappa shape index (κ3) is 3.98. The van der Waals surface area contributed by atoms with Crippen molar-refractivity contribution in [1.29, 1.82) is 5.26 Å². The molecule has 2 rings (SSSR count). The van der Waals surface area contributed by atoms with Crippen LogP contribution >= 0.6 is 0 Å². The first-order chi connectivity index (χ1) is 10.2. The van der Waals surface area contributed by atoms with Gasteiger partial charge in [-0.2, -0.15) is 15.5 Å². The zero-order chi connectivity index (χ0) is 15.1. The number of aryl methyl sites for hydroxylation is 2. The van der Waals surface area contributed by atoms with Gasteiger partial charge in [0, 0.05) is 24.2 Å². The molecule has 0 saturated heterocycles. The number of aromatic nitrogens is 3. The van der Waals surface area contributed by atoms with Crippen LogP contribution in [0.3, 0.4) is 0 Å². The van der Waals surface area contributed by atoms with Gasteiger partial charge in [-0.15, -0.1) is 0 Å². The van der Waals surface area contributed by atoms with Crippen molar-refractivity contribution in [2.24, 2.45) is 5.10 Å². The molecule has 0 atom stereocenters. The quantitative estimate of drug-likeness (QED) is 0.659. The number of hydrazone groups is 1. The molecule has 2 aromatic rings. The fourth-order valence-electron chi connectivity index (χ4n) is 1.66. The van der Waals surface area contributed by atoms with Gasteiger partial charge in [0.05, 0.1) is 36.5 Å². The van der Waals surface area contributed by atoms with Crippen molar-refractivity contribution >= 4 is 12.1 Å². The summed E-state index contributed by atoms with van der Waals surface area (Å²) in [5.74, 6) is -0.325. The van der Waals surface area contributed by atoms with Crippen LogP contribution < -0.4 is 5.43 Å². The Bertz CT molecular complexity index is 683. The Hall–Kier alpha value is -3.01. The van der Waals surface area contributed by atoms with Crippen LogP contribution in [0.4, 0.5) is 0 Å². The number of nitrogens with zero attached hydrogens (tertiary/aromatic N) is 5. The Labute approximate surface area is 121 Å². The van der Waals surface area contributed by atoms with Crippen molar-refractivity contribution in [3.63, 3.8) is 0 Å². The van der Waals surface area contributed by atoms with Crippen LogP contribution in [0.25, 0.3) is 0 Å². The zero-order valence-electron chi connectivity index (χ0n) is 11.5. The molecule has 1 amide bonds. The molecule has 0 bridgehead atoms. The molecule has 0 saturated carbocycles.